The number of hydrogen-bond donors (Lipinski definition) is 0. The fourth-order valence-electron chi connectivity index (χ4n) is 2.11. The van der Waals surface area contributed by atoms with Crippen molar-refractivity contribution in [1.82, 2.24) is 0 Å². The van der Waals surface area contributed by atoms with Gasteiger partial charge < -0.3 is 0 Å². The zero-order valence-electron chi connectivity index (χ0n) is 7.79. The van der Waals surface area contributed by atoms with E-state index in [1.807, 2.05) is 6.07 Å². The molecule has 0 radical (unpaired) electrons. The Bertz CT molecular complexity index is 314. The molecule has 2 rings (SSSR count). The molecule has 0 amide bonds. The van der Waals surface area contributed by atoms with Crippen LogP contribution in [0.1, 0.15) is 31.1 Å². The minimum atomic E-state index is -0.116. The summed E-state index contributed by atoms with van der Waals surface area (Å²) in [5.74, 6) is 0.779. The topological polar surface area (TPSA) is 23.8 Å². The number of hydrogen-bond acceptors (Lipinski definition) is 2. The second-order valence-corrected chi connectivity index (χ2v) is 4.80. The van der Waals surface area contributed by atoms with E-state index in [0.29, 0.717) is 0 Å². The molecular weight excluding hydrogens is 178 g/mol. The Labute approximate surface area is 83.0 Å². The highest BCUT2D eigenvalue weighted by Gasteiger charge is 2.45. The summed E-state index contributed by atoms with van der Waals surface area (Å²) in [5.41, 5.74) is -0.116. The maximum atomic E-state index is 9.18. The van der Waals surface area contributed by atoms with Crippen molar-refractivity contribution in [2.24, 2.45) is 5.92 Å². The van der Waals surface area contributed by atoms with Gasteiger partial charge in [-0.05, 0) is 30.2 Å². The highest BCUT2D eigenvalue weighted by Crippen LogP contribution is 2.49. The van der Waals surface area contributed by atoms with Gasteiger partial charge in [-0.1, -0.05) is 19.4 Å². The van der Waals surface area contributed by atoms with Crippen LogP contribution in [0.4, 0.5) is 0 Å². The van der Waals surface area contributed by atoms with Crippen LogP contribution < -0.4 is 0 Å². The normalized spacial score (nSPS) is 32.2. The number of nitrogens with zero attached hydrogens (tertiary/aromatic N) is 1. The third-order valence-electron chi connectivity index (χ3n) is 3.06. The summed E-state index contributed by atoms with van der Waals surface area (Å²) in [5, 5.41) is 11.2. The van der Waals surface area contributed by atoms with Gasteiger partial charge in [-0.15, -0.1) is 11.3 Å². The van der Waals surface area contributed by atoms with E-state index in [2.05, 4.69) is 24.4 Å². The van der Waals surface area contributed by atoms with E-state index in [1.165, 1.54) is 11.3 Å². The number of nitriles is 1. The van der Waals surface area contributed by atoms with E-state index >= 15 is 0 Å². The quantitative estimate of drug-likeness (QED) is 0.703. The molecule has 0 aromatic carbocycles. The summed E-state index contributed by atoms with van der Waals surface area (Å²) in [6.07, 6.45) is 3.36. The summed E-state index contributed by atoms with van der Waals surface area (Å²) >= 11 is 1.72. The Kier molecular flexibility index (Phi) is 2.13. The van der Waals surface area contributed by atoms with Crippen LogP contribution in [0.15, 0.2) is 17.5 Å². The molecule has 1 aromatic rings. The Morgan fingerprint density at radius 2 is 2.46 bits per heavy atom. The van der Waals surface area contributed by atoms with Crippen molar-refractivity contribution in [3.63, 3.8) is 0 Å². The molecule has 0 aliphatic heterocycles. The van der Waals surface area contributed by atoms with Gasteiger partial charge in [0.25, 0.3) is 0 Å². The molecule has 2 heteroatoms. The van der Waals surface area contributed by atoms with Crippen LogP contribution in [0.2, 0.25) is 0 Å². The van der Waals surface area contributed by atoms with Gasteiger partial charge in [0, 0.05) is 4.88 Å². The van der Waals surface area contributed by atoms with Gasteiger partial charge in [-0.25, -0.2) is 0 Å². The molecule has 0 unspecified atom stereocenters. The molecule has 1 aliphatic carbocycles. The first-order valence-corrected chi connectivity index (χ1v) is 5.64. The van der Waals surface area contributed by atoms with Crippen LogP contribution in [-0.4, -0.2) is 0 Å². The van der Waals surface area contributed by atoms with E-state index in [4.69, 9.17) is 0 Å². The molecule has 1 saturated carbocycles. The summed E-state index contributed by atoms with van der Waals surface area (Å²) in [4.78, 5) is 1.26. The maximum Gasteiger partial charge on any atom is 0.0920 e. The van der Waals surface area contributed by atoms with Crippen LogP contribution >= 0.6 is 11.3 Å². The molecule has 1 heterocycles. The van der Waals surface area contributed by atoms with Crippen LogP contribution in [0, 0.1) is 17.2 Å². The van der Waals surface area contributed by atoms with Crippen molar-refractivity contribution < 1.29 is 0 Å². The molecule has 0 saturated heterocycles. The molecule has 68 valence electrons. The maximum absolute atomic E-state index is 9.18. The molecule has 0 N–H and O–H groups in total. The van der Waals surface area contributed by atoms with Crippen LogP contribution in [0.5, 0.6) is 0 Å². The second-order valence-electron chi connectivity index (χ2n) is 3.85. The van der Waals surface area contributed by atoms with E-state index < -0.39 is 0 Å². The Morgan fingerprint density at radius 1 is 1.69 bits per heavy atom. The zero-order valence-corrected chi connectivity index (χ0v) is 8.60. The van der Waals surface area contributed by atoms with E-state index in [1.54, 1.807) is 11.3 Å². The summed E-state index contributed by atoms with van der Waals surface area (Å²) < 4.78 is 0. The lowest BCUT2D eigenvalue weighted by molar-refractivity contribution is 0.195. The molecule has 1 aliphatic rings. The Balaban J connectivity index is 2.18. The standard InChI is InChI=1S/C11H13NS/c1-2-9-6-11(7-9,8-12)10-4-3-5-13-10/h3-5,9H,2,6-7H2,1H3. The van der Waals surface area contributed by atoms with Crippen molar-refractivity contribution in [2.45, 2.75) is 31.6 Å². The van der Waals surface area contributed by atoms with Crippen LogP contribution in [0.3, 0.4) is 0 Å². The summed E-state index contributed by atoms with van der Waals surface area (Å²) in [6.45, 7) is 2.21. The third kappa shape index (κ3) is 1.28. The lowest BCUT2D eigenvalue weighted by atomic mass is 9.61. The predicted molar refractivity (Wildman–Crippen MR) is 54.6 cm³/mol. The van der Waals surface area contributed by atoms with Gasteiger partial charge in [0.1, 0.15) is 0 Å². The summed E-state index contributed by atoms with van der Waals surface area (Å²) in [7, 11) is 0. The van der Waals surface area contributed by atoms with Gasteiger partial charge >= 0.3 is 0 Å². The van der Waals surface area contributed by atoms with Crippen molar-refractivity contribution >= 4 is 11.3 Å². The third-order valence-corrected chi connectivity index (χ3v) is 4.13. The molecule has 0 atom stereocenters. The highest BCUT2D eigenvalue weighted by molar-refractivity contribution is 7.10. The molecule has 13 heavy (non-hydrogen) atoms. The average molecular weight is 191 g/mol. The Hall–Kier alpha value is -0.810. The fraction of sp³-hybridized carbons (Fsp3) is 0.545. The SMILES string of the molecule is CCC1CC(C#N)(c2cccs2)C1. The van der Waals surface area contributed by atoms with E-state index in [9.17, 15) is 5.26 Å². The fourth-order valence-corrected chi connectivity index (χ4v) is 3.01. The van der Waals surface area contributed by atoms with E-state index in [0.717, 1.165) is 18.8 Å². The lowest BCUT2D eigenvalue weighted by Gasteiger charge is -2.41. The smallest absolute Gasteiger partial charge is 0.0920 e. The largest absolute Gasteiger partial charge is 0.197 e. The molecule has 0 spiro atoms. The van der Waals surface area contributed by atoms with Crippen LogP contribution in [0.25, 0.3) is 0 Å². The van der Waals surface area contributed by atoms with Crippen molar-refractivity contribution in [1.29, 1.82) is 5.26 Å². The number of rotatable bonds is 2. The van der Waals surface area contributed by atoms with E-state index in [-0.39, 0.29) is 5.41 Å². The molecule has 1 aromatic heterocycles. The van der Waals surface area contributed by atoms with Gasteiger partial charge in [0.2, 0.25) is 0 Å². The zero-order chi connectivity index (χ0) is 9.31. The lowest BCUT2D eigenvalue weighted by Crippen LogP contribution is -2.38. The minimum Gasteiger partial charge on any atom is -0.197 e. The number of thiophene rings is 1. The van der Waals surface area contributed by atoms with Crippen molar-refractivity contribution in [3.8, 4) is 6.07 Å². The van der Waals surface area contributed by atoms with Gasteiger partial charge in [-0.2, -0.15) is 5.26 Å². The van der Waals surface area contributed by atoms with Gasteiger partial charge in [0.15, 0.2) is 0 Å². The van der Waals surface area contributed by atoms with Gasteiger partial charge in [-0.3, -0.25) is 0 Å². The first-order chi connectivity index (χ1) is 6.30. The second kappa shape index (κ2) is 3.16. The Morgan fingerprint density at radius 3 is 2.92 bits per heavy atom. The molecule has 0 bridgehead atoms. The highest BCUT2D eigenvalue weighted by atomic mass is 32.1. The monoisotopic (exact) mass is 191 g/mol. The minimum absolute atomic E-state index is 0.116. The van der Waals surface area contributed by atoms with Gasteiger partial charge in [0.05, 0.1) is 11.5 Å². The first-order valence-electron chi connectivity index (χ1n) is 4.76. The van der Waals surface area contributed by atoms with Crippen LogP contribution in [-0.2, 0) is 5.41 Å². The summed E-state index contributed by atoms with van der Waals surface area (Å²) in [6, 6.07) is 6.63. The predicted octanol–water partition coefficient (Wildman–Crippen LogP) is 3.33. The molecule has 1 fully saturated rings. The molecular formula is C11H13NS. The van der Waals surface area contributed by atoms with Crippen molar-refractivity contribution in [3.05, 3.63) is 22.4 Å². The average Bonchev–Trinajstić information content (AvgIpc) is 2.57. The first kappa shape index (κ1) is 8.77. The molecule has 1 nitrogen and oxygen atoms in total. The van der Waals surface area contributed by atoms with Crippen molar-refractivity contribution in [2.75, 3.05) is 0 Å².